The summed E-state index contributed by atoms with van der Waals surface area (Å²) in [6.07, 6.45) is 0.640. The second kappa shape index (κ2) is 7.04. The van der Waals surface area contributed by atoms with E-state index >= 15 is 0 Å². The fraction of sp³-hybridized carbons (Fsp3) is 0.222. The van der Waals surface area contributed by atoms with Crippen molar-refractivity contribution in [3.63, 3.8) is 0 Å². The van der Waals surface area contributed by atoms with Gasteiger partial charge in [-0.15, -0.1) is 0 Å². The lowest BCUT2D eigenvalue weighted by atomic mass is 10.1. The summed E-state index contributed by atoms with van der Waals surface area (Å²) < 4.78 is 11.0. The summed E-state index contributed by atoms with van der Waals surface area (Å²) in [4.78, 5) is 23.0. The van der Waals surface area contributed by atoms with Gasteiger partial charge < -0.3 is 19.9 Å². The van der Waals surface area contributed by atoms with Gasteiger partial charge in [-0.05, 0) is 42.3 Å². The molecule has 0 aromatic heterocycles. The van der Waals surface area contributed by atoms with E-state index in [1.54, 1.807) is 12.1 Å². The van der Waals surface area contributed by atoms with Crippen LogP contribution in [0.2, 0.25) is 0 Å². The first kappa shape index (κ1) is 15.9. The fourth-order valence-electron chi connectivity index (χ4n) is 2.46. The predicted molar refractivity (Wildman–Crippen MR) is 86.9 cm³/mol. The standard InChI is InChI=1S/C18H17NO5/c20-17(13-2-1-3-14(11-13)18(21)22)19-7-6-12-4-5-15-16(10-12)24-9-8-23-15/h1-5,10-11H,6-9H2,(H,19,20)(H,21,22). The van der Waals surface area contributed by atoms with Crippen LogP contribution in [0.4, 0.5) is 0 Å². The average molecular weight is 327 g/mol. The Balaban J connectivity index is 1.57. The van der Waals surface area contributed by atoms with Crippen LogP contribution in [-0.2, 0) is 6.42 Å². The molecule has 2 aromatic carbocycles. The maximum atomic E-state index is 12.1. The van der Waals surface area contributed by atoms with Gasteiger partial charge in [-0.3, -0.25) is 4.79 Å². The summed E-state index contributed by atoms with van der Waals surface area (Å²) in [5.41, 5.74) is 1.45. The molecule has 6 nitrogen and oxygen atoms in total. The number of carbonyl (C=O) groups excluding carboxylic acids is 1. The number of aromatic carboxylic acids is 1. The fourth-order valence-corrected chi connectivity index (χ4v) is 2.46. The maximum Gasteiger partial charge on any atom is 0.335 e. The van der Waals surface area contributed by atoms with Gasteiger partial charge in [0.15, 0.2) is 11.5 Å². The molecular weight excluding hydrogens is 310 g/mol. The van der Waals surface area contributed by atoms with Crippen LogP contribution in [0, 0.1) is 0 Å². The minimum Gasteiger partial charge on any atom is -0.486 e. The first-order chi connectivity index (χ1) is 11.6. The van der Waals surface area contributed by atoms with Gasteiger partial charge in [0, 0.05) is 12.1 Å². The smallest absolute Gasteiger partial charge is 0.335 e. The third kappa shape index (κ3) is 3.65. The highest BCUT2D eigenvalue weighted by molar-refractivity contribution is 5.97. The minimum atomic E-state index is -1.05. The SMILES string of the molecule is O=C(O)c1cccc(C(=O)NCCc2ccc3c(c2)OCCO3)c1. The van der Waals surface area contributed by atoms with Crippen LogP contribution in [0.15, 0.2) is 42.5 Å². The molecule has 0 aliphatic carbocycles. The van der Waals surface area contributed by atoms with Gasteiger partial charge in [-0.1, -0.05) is 12.1 Å². The number of hydrogen-bond donors (Lipinski definition) is 2. The molecule has 2 aromatic rings. The number of carboxylic acids is 1. The van der Waals surface area contributed by atoms with Crippen molar-refractivity contribution in [3.05, 3.63) is 59.2 Å². The largest absolute Gasteiger partial charge is 0.486 e. The molecule has 0 saturated heterocycles. The molecule has 0 unspecified atom stereocenters. The Bertz CT molecular complexity index is 772. The Hall–Kier alpha value is -3.02. The summed E-state index contributed by atoms with van der Waals surface area (Å²) in [5, 5.41) is 11.7. The lowest BCUT2D eigenvalue weighted by Gasteiger charge is -2.18. The number of carbonyl (C=O) groups is 2. The van der Waals surface area contributed by atoms with Crippen LogP contribution < -0.4 is 14.8 Å². The highest BCUT2D eigenvalue weighted by Gasteiger charge is 2.12. The molecule has 24 heavy (non-hydrogen) atoms. The molecule has 1 amide bonds. The van der Waals surface area contributed by atoms with Crippen molar-refractivity contribution in [2.45, 2.75) is 6.42 Å². The average Bonchev–Trinajstić information content (AvgIpc) is 2.61. The van der Waals surface area contributed by atoms with E-state index in [2.05, 4.69) is 5.32 Å². The van der Waals surface area contributed by atoms with Crippen molar-refractivity contribution in [2.75, 3.05) is 19.8 Å². The van der Waals surface area contributed by atoms with Crippen LogP contribution in [0.25, 0.3) is 0 Å². The summed E-state index contributed by atoms with van der Waals surface area (Å²) in [6, 6.07) is 11.7. The first-order valence-electron chi connectivity index (χ1n) is 7.63. The van der Waals surface area contributed by atoms with E-state index in [0.29, 0.717) is 31.7 Å². The van der Waals surface area contributed by atoms with E-state index < -0.39 is 5.97 Å². The molecule has 2 N–H and O–H groups in total. The van der Waals surface area contributed by atoms with Crippen molar-refractivity contribution in [1.82, 2.24) is 5.32 Å². The van der Waals surface area contributed by atoms with E-state index in [9.17, 15) is 9.59 Å². The molecule has 0 spiro atoms. The van der Waals surface area contributed by atoms with E-state index in [1.165, 1.54) is 12.1 Å². The molecule has 0 bridgehead atoms. The van der Waals surface area contributed by atoms with E-state index in [0.717, 1.165) is 17.1 Å². The number of ether oxygens (including phenoxy) is 2. The normalized spacial score (nSPS) is 12.5. The number of fused-ring (bicyclic) bond motifs is 1. The van der Waals surface area contributed by atoms with E-state index in [4.69, 9.17) is 14.6 Å². The second-order valence-corrected chi connectivity index (χ2v) is 5.37. The molecule has 124 valence electrons. The zero-order valence-electron chi connectivity index (χ0n) is 13.0. The van der Waals surface area contributed by atoms with Gasteiger partial charge in [-0.2, -0.15) is 0 Å². The van der Waals surface area contributed by atoms with E-state index in [1.807, 2.05) is 18.2 Å². The lowest BCUT2D eigenvalue weighted by molar-refractivity contribution is 0.0697. The van der Waals surface area contributed by atoms with Crippen molar-refractivity contribution < 1.29 is 24.2 Å². The molecule has 0 saturated carbocycles. The topological polar surface area (TPSA) is 84.9 Å². The third-order valence-corrected chi connectivity index (χ3v) is 3.68. The number of amides is 1. The molecule has 6 heteroatoms. The monoisotopic (exact) mass is 327 g/mol. The minimum absolute atomic E-state index is 0.0921. The number of rotatable bonds is 5. The second-order valence-electron chi connectivity index (χ2n) is 5.37. The lowest BCUT2D eigenvalue weighted by Crippen LogP contribution is -2.26. The molecule has 0 radical (unpaired) electrons. The number of benzene rings is 2. The van der Waals surface area contributed by atoms with Gasteiger partial charge in [0.2, 0.25) is 0 Å². The number of carboxylic acid groups (broad SMARTS) is 1. The summed E-state index contributed by atoms with van der Waals surface area (Å²) in [5.74, 6) is 0.107. The molecule has 1 heterocycles. The Morgan fingerprint density at radius 3 is 2.54 bits per heavy atom. The summed E-state index contributed by atoms with van der Waals surface area (Å²) >= 11 is 0. The molecule has 0 fully saturated rings. The Kier molecular flexibility index (Phi) is 4.65. The van der Waals surface area contributed by atoms with Gasteiger partial charge in [0.05, 0.1) is 5.56 Å². The Labute approximate surface area is 139 Å². The Morgan fingerprint density at radius 1 is 1.00 bits per heavy atom. The molecular formula is C18H17NO5. The zero-order chi connectivity index (χ0) is 16.9. The first-order valence-corrected chi connectivity index (χ1v) is 7.63. The van der Waals surface area contributed by atoms with Crippen LogP contribution in [0.5, 0.6) is 11.5 Å². The Morgan fingerprint density at radius 2 is 1.75 bits per heavy atom. The van der Waals surface area contributed by atoms with Crippen molar-refractivity contribution in [3.8, 4) is 11.5 Å². The predicted octanol–water partition coefficient (Wildman–Crippen LogP) is 2.13. The van der Waals surface area contributed by atoms with Gasteiger partial charge in [0.1, 0.15) is 13.2 Å². The van der Waals surface area contributed by atoms with Gasteiger partial charge in [-0.25, -0.2) is 4.79 Å². The molecule has 1 aliphatic heterocycles. The zero-order valence-corrected chi connectivity index (χ0v) is 13.0. The molecule has 3 rings (SSSR count). The third-order valence-electron chi connectivity index (χ3n) is 3.68. The van der Waals surface area contributed by atoms with Crippen molar-refractivity contribution in [1.29, 1.82) is 0 Å². The van der Waals surface area contributed by atoms with Crippen LogP contribution >= 0.6 is 0 Å². The van der Waals surface area contributed by atoms with Crippen molar-refractivity contribution in [2.24, 2.45) is 0 Å². The van der Waals surface area contributed by atoms with Crippen LogP contribution in [-0.4, -0.2) is 36.7 Å². The molecule has 0 atom stereocenters. The number of nitrogens with one attached hydrogen (secondary N) is 1. The van der Waals surface area contributed by atoms with E-state index in [-0.39, 0.29) is 11.5 Å². The molecule has 1 aliphatic rings. The van der Waals surface area contributed by atoms with Crippen LogP contribution in [0.3, 0.4) is 0 Å². The highest BCUT2D eigenvalue weighted by Crippen LogP contribution is 2.30. The number of hydrogen-bond acceptors (Lipinski definition) is 4. The highest BCUT2D eigenvalue weighted by atomic mass is 16.6. The summed E-state index contributed by atoms with van der Waals surface area (Å²) in [6.45, 7) is 1.53. The summed E-state index contributed by atoms with van der Waals surface area (Å²) in [7, 11) is 0. The van der Waals surface area contributed by atoms with Crippen molar-refractivity contribution >= 4 is 11.9 Å². The quantitative estimate of drug-likeness (QED) is 0.879. The van der Waals surface area contributed by atoms with Gasteiger partial charge >= 0.3 is 5.97 Å². The van der Waals surface area contributed by atoms with Crippen LogP contribution in [0.1, 0.15) is 26.3 Å². The van der Waals surface area contributed by atoms with Gasteiger partial charge in [0.25, 0.3) is 5.91 Å². The maximum absolute atomic E-state index is 12.1.